The molecule has 2 aromatic heterocycles. The van der Waals surface area contributed by atoms with Gasteiger partial charge in [0.05, 0.1) is 13.8 Å². The number of aliphatic hydroxyl groups excluding tert-OH is 1. The number of hydrogen-bond acceptors (Lipinski definition) is 3. The van der Waals surface area contributed by atoms with E-state index in [2.05, 4.69) is 90.9 Å². The van der Waals surface area contributed by atoms with Gasteiger partial charge < -0.3 is 9.67 Å². The van der Waals surface area contributed by atoms with Crippen LogP contribution in [0.15, 0.2) is 84.8 Å². The van der Waals surface area contributed by atoms with E-state index in [1.165, 1.54) is 52.2 Å². The third kappa shape index (κ3) is 5.62. The van der Waals surface area contributed by atoms with Crippen LogP contribution in [0.4, 0.5) is 0 Å². The molecule has 0 aliphatic rings. The predicted octanol–water partition coefficient (Wildman–Crippen LogP) is 6.71. The van der Waals surface area contributed by atoms with Crippen LogP contribution in [-0.2, 0) is 24.9 Å². The molecule has 0 fully saturated rings. The first-order valence-corrected chi connectivity index (χ1v) is 14.8. The Morgan fingerprint density at radius 3 is 2.34 bits per heavy atom. The summed E-state index contributed by atoms with van der Waals surface area (Å²) < 4.78 is 2.25. The van der Waals surface area contributed by atoms with Gasteiger partial charge in [0.25, 0.3) is 0 Å². The Balaban J connectivity index is 0.000000378. The van der Waals surface area contributed by atoms with Crippen molar-refractivity contribution in [3.63, 3.8) is 0 Å². The molecule has 3 aromatic carbocycles. The zero-order chi connectivity index (χ0) is 24.5. The third-order valence-electron chi connectivity index (χ3n) is 5.73. The number of carbonyl (C=O) groups is 1. The number of allylic oxidation sites excluding steroid dienone is 2. The molecule has 1 radical (unpaired) electrons. The van der Waals surface area contributed by atoms with Gasteiger partial charge in [0.2, 0.25) is 0 Å². The van der Waals surface area contributed by atoms with Crippen LogP contribution in [0.25, 0.3) is 38.4 Å². The van der Waals surface area contributed by atoms with E-state index in [-0.39, 0.29) is 31.6 Å². The van der Waals surface area contributed by atoms with Crippen LogP contribution in [0.3, 0.4) is 0 Å². The summed E-state index contributed by atoms with van der Waals surface area (Å²) in [6.45, 7) is 10.0. The summed E-state index contributed by atoms with van der Waals surface area (Å²) in [5, 5.41) is 14.7. The predicted molar refractivity (Wildman–Crippen MR) is 145 cm³/mol. The molecule has 4 nitrogen and oxygen atoms in total. The van der Waals surface area contributed by atoms with Gasteiger partial charge in [-0.1, -0.05) is 66.7 Å². The van der Waals surface area contributed by atoms with Crippen LogP contribution in [0.1, 0.15) is 13.8 Å². The number of aliphatic hydroxyl groups is 1. The summed E-state index contributed by atoms with van der Waals surface area (Å²) in [6, 6.07) is 27.2. The number of benzene rings is 3. The molecule has 5 rings (SSSR count). The van der Waals surface area contributed by atoms with Gasteiger partial charge in [-0.25, -0.2) is 4.98 Å². The van der Waals surface area contributed by atoms with E-state index >= 15 is 0 Å². The average Bonchev–Trinajstić information content (AvgIpc) is 3.11. The molecule has 0 saturated carbocycles. The van der Waals surface area contributed by atoms with E-state index < -0.39 is 8.07 Å². The van der Waals surface area contributed by atoms with E-state index in [4.69, 9.17) is 10.1 Å². The van der Waals surface area contributed by atoms with Gasteiger partial charge >= 0.3 is 0 Å². The minimum atomic E-state index is -1.35. The summed E-state index contributed by atoms with van der Waals surface area (Å²) in [4.78, 5) is 14.8. The monoisotopic (exact) mass is 658 g/mol. The number of aromatic nitrogens is 2. The number of ketones is 1. The molecule has 6 heteroatoms. The van der Waals surface area contributed by atoms with Crippen molar-refractivity contribution in [3.8, 4) is 5.82 Å². The molecule has 0 saturated heterocycles. The van der Waals surface area contributed by atoms with E-state index in [1.54, 1.807) is 0 Å². The topological polar surface area (TPSA) is 55.1 Å². The van der Waals surface area contributed by atoms with E-state index in [9.17, 15) is 4.79 Å². The zero-order valence-electron chi connectivity index (χ0n) is 20.6. The Morgan fingerprint density at radius 2 is 1.69 bits per heavy atom. The Morgan fingerprint density at radius 1 is 0.971 bits per heavy atom. The van der Waals surface area contributed by atoms with Crippen LogP contribution < -0.4 is 5.19 Å². The molecule has 0 unspecified atom stereocenters. The average molecular weight is 658 g/mol. The van der Waals surface area contributed by atoms with Crippen molar-refractivity contribution < 1.29 is 30.0 Å². The molecular weight excluding hydrogens is 629 g/mol. The Kier molecular flexibility index (Phi) is 8.11. The van der Waals surface area contributed by atoms with Gasteiger partial charge in [-0.15, -0.1) is 5.39 Å². The summed E-state index contributed by atoms with van der Waals surface area (Å²) >= 11 is 0. The van der Waals surface area contributed by atoms with Crippen molar-refractivity contribution in [1.82, 2.24) is 9.55 Å². The maximum atomic E-state index is 10.0. The maximum Gasteiger partial charge on any atom is 0.155 e. The zero-order valence-corrected chi connectivity index (χ0v) is 24.0. The minimum Gasteiger partial charge on any atom is -0.512 e. The van der Waals surface area contributed by atoms with Gasteiger partial charge in [-0.05, 0) is 36.8 Å². The van der Waals surface area contributed by atoms with E-state index in [0.29, 0.717) is 0 Å². The SMILES string of the molecule is CC(=O)/C=C(/C)O.C[Si](C)(C)c1ccc2c(-n3c4[c-]cccc4c4ccccc43)nccc2c1.[Ir]. The summed E-state index contributed by atoms with van der Waals surface area (Å²) in [6.07, 6.45) is 3.09. The first kappa shape index (κ1) is 26.5. The number of pyridine rings is 1. The molecule has 181 valence electrons. The number of hydrogen-bond donors (Lipinski definition) is 1. The van der Waals surface area contributed by atoms with Crippen LogP contribution in [-0.4, -0.2) is 28.5 Å². The van der Waals surface area contributed by atoms with Gasteiger partial charge in [0, 0.05) is 43.3 Å². The normalized spacial score (nSPS) is 11.7. The van der Waals surface area contributed by atoms with Crippen molar-refractivity contribution >= 4 is 51.6 Å². The quantitative estimate of drug-likeness (QED) is 0.102. The first-order chi connectivity index (χ1) is 16.2. The summed E-state index contributed by atoms with van der Waals surface area (Å²) in [5.74, 6) is 0.913. The smallest absolute Gasteiger partial charge is 0.155 e. The molecule has 0 atom stereocenters. The fraction of sp³-hybridized carbons (Fsp3) is 0.172. The molecule has 2 heterocycles. The fourth-order valence-electron chi connectivity index (χ4n) is 4.17. The fourth-order valence-corrected chi connectivity index (χ4v) is 5.34. The molecule has 0 aliphatic heterocycles. The third-order valence-corrected chi connectivity index (χ3v) is 7.77. The van der Waals surface area contributed by atoms with Gasteiger partial charge in [-0.3, -0.25) is 4.79 Å². The minimum absolute atomic E-state index is 0. The second kappa shape index (κ2) is 10.7. The summed E-state index contributed by atoms with van der Waals surface area (Å²) in [7, 11) is -1.35. The summed E-state index contributed by atoms with van der Waals surface area (Å²) in [5.41, 5.74) is 2.25. The van der Waals surface area contributed by atoms with Crippen molar-refractivity contribution in [2.75, 3.05) is 0 Å². The Hall–Kier alpha value is -3.05. The molecule has 5 aromatic rings. The molecule has 0 spiro atoms. The van der Waals surface area contributed by atoms with Gasteiger partial charge in [0.1, 0.15) is 5.82 Å². The van der Waals surface area contributed by atoms with Crippen LogP contribution in [0, 0.1) is 6.07 Å². The number of carbonyl (C=O) groups excluding carboxylic acids is 1. The van der Waals surface area contributed by atoms with Crippen molar-refractivity contribution in [3.05, 3.63) is 90.8 Å². The number of fused-ring (bicyclic) bond motifs is 4. The molecule has 0 amide bonds. The van der Waals surface area contributed by atoms with Crippen molar-refractivity contribution in [2.45, 2.75) is 33.5 Å². The molecule has 35 heavy (non-hydrogen) atoms. The molecule has 0 aliphatic carbocycles. The Bertz CT molecular complexity index is 1490. The molecule has 1 N–H and O–H groups in total. The van der Waals surface area contributed by atoms with E-state index in [1.807, 2.05) is 12.3 Å². The van der Waals surface area contributed by atoms with E-state index in [0.717, 1.165) is 11.3 Å². The number of para-hydroxylation sites is 2. The van der Waals surface area contributed by atoms with Crippen molar-refractivity contribution in [1.29, 1.82) is 0 Å². The molecular formula is C29H29IrN2O2Si-. The van der Waals surface area contributed by atoms with Crippen molar-refractivity contribution in [2.24, 2.45) is 0 Å². The largest absolute Gasteiger partial charge is 0.512 e. The first-order valence-electron chi connectivity index (χ1n) is 11.3. The second-order valence-electron chi connectivity index (χ2n) is 9.50. The number of nitrogens with zero attached hydrogens (tertiary/aromatic N) is 2. The van der Waals surface area contributed by atoms with Crippen LogP contribution >= 0.6 is 0 Å². The van der Waals surface area contributed by atoms with Crippen LogP contribution in [0.5, 0.6) is 0 Å². The number of rotatable bonds is 3. The second-order valence-corrected chi connectivity index (χ2v) is 14.6. The Labute approximate surface area is 220 Å². The van der Waals surface area contributed by atoms with Gasteiger partial charge in [0.15, 0.2) is 5.78 Å². The van der Waals surface area contributed by atoms with Gasteiger partial charge in [-0.2, -0.15) is 24.3 Å². The molecule has 0 bridgehead atoms. The standard InChI is InChI=1S/C24H21N2Si.C5H8O2.Ir/c1-27(2,3)18-12-13-19-17(16-18)14-15-25-24(19)26-22-10-6-4-8-20(22)21-9-5-7-11-23(21)26;1-4(6)3-5(2)7;/h4-10,12-16H,1-3H3;3,6H,1-2H3;/q-1;;/b;4-3-;. The maximum absolute atomic E-state index is 10.0. The van der Waals surface area contributed by atoms with Crippen LogP contribution in [0.2, 0.25) is 19.6 Å².